The monoisotopic (exact) mass is 591 g/mol. The number of hydrogen-bond acceptors (Lipinski definition) is 7. The molecule has 2 aliphatic rings. The van der Waals surface area contributed by atoms with Gasteiger partial charge in [0.1, 0.15) is 10.7 Å². The molecule has 0 radical (unpaired) electrons. The van der Waals surface area contributed by atoms with E-state index in [4.69, 9.17) is 23.2 Å². The summed E-state index contributed by atoms with van der Waals surface area (Å²) in [5.74, 6) is -0.804. The first-order valence-electron chi connectivity index (χ1n) is 11.3. The number of anilines is 4. The molecule has 5 rings (SSSR count). The molecule has 2 saturated heterocycles. The van der Waals surface area contributed by atoms with Crippen LogP contribution in [0.15, 0.2) is 46.1 Å². The first-order chi connectivity index (χ1) is 16.8. The van der Waals surface area contributed by atoms with E-state index in [9.17, 15) is 12.8 Å². The van der Waals surface area contributed by atoms with E-state index in [1.165, 1.54) is 35.1 Å². The van der Waals surface area contributed by atoms with Crippen molar-refractivity contribution in [2.24, 2.45) is 0 Å². The second-order valence-corrected chi connectivity index (χ2v) is 11.9. The van der Waals surface area contributed by atoms with Crippen LogP contribution < -0.4 is 14.9 Å². The Morgan fingerprint density at radius 2 is 1.86 bits per heavy atom. The summed E-state index contributed by atoms with van der Waals surface area (Å²) in [6, 6.07) is 8.15. The maximum Gasteiger partial charge on any atom is 0.266 e. The number of nitrogens with one attached hydrogen (secondary N) is 2. The highest BCUT2D eigenvalue weighted by atomic mass is 35.5. The highest BCUT2D eigenvalue weighted by Crippen LogP contribution is 2.38. The summed E-state index contributed by atoms with van der Waals surface area (Å²) in [7, 11) is -4.19. The van der Waals surface area contributed by atoms with Crippen molar-refractivity contribution in [1.82, 2.24) is 9.88 Å². The zero-order chi connectivity index (χ0) is 24.6. The molecule has 3 aromatic rings. The second kappa shape index (κ2) is 11.3. The number of rotatable bonds is 7. The summed E-state index contributed by atoms with van der Waals surface area (Å²) < 4.78 is 42.5. The molecule has 2 fully saturated rings. The molecule has 2 N–H and O–H groups in total. The van der Waals surface area contributed by atoms with Crippen LogP contribution in [-0.4, -0.2) is 50.5 Å². The third-order valence-electron chi connectivity index (χ3n) is 6.37. The largest absolute Gasteiger partial charge is 0.368 e. The van der Waals surface area contributed by atoms with E-state index < -0.39 is 20.7 Å². The Bertz CT molecular complexity index is 1320. The van der Waals surface area contributed by atoms with Gasteiger partial charge in [0, 0.05) is 35.6 Å². The zero-order valence-corrected chi connectivity index (χ0v) is 23.0. The van der Waals surface area contributed by atoms with Crippen molar-refractivity contribution < 1.29 is 12.8 Å². The Balaban J connectivity index is 0.00000304. The van der Waals surface area contributed by atoms with Gasteiger partial charge in [-0.2, -0.15) is 0 Å². The third-order valence-corrected chi connectivity index (χ3v) is 8.88. The Kier molecular flexibility index (Phi) is 8.53. The van der Waals surface area contributed by atoms with E-state index >= 15 is 0 Å². The molecule has 0 amide bonds. The highest BCUT2D eigenvalue weighted by Gasteiger charge is 2.30. The number of benzene rings is 2. The highest BCUT2D eigenvalue weighted by molar-refractivity contribution is 7.92. The van der Waals surface area contributed by atoms with E-state index in [0.29, 0.717) is 16.8 Å². The summed E-state index contributed by atoms with van der Waals surface area (Å²) >= 11 is 14.0. The molecule has 1 atom stereocenters. The van der Waals surface area contributed by atoms with Gasteiger partial charge in [0.15, 0.2) is 5.82 Å². The molecular weight excluding hydrogens is 568 g/mol. The summed E-state index contributed by atoms with van der Waals surface area (Å²) in [6.07, 6.45) is 3.56. The third kappa shape index (κ3) is 5.84. The number of likely N-dealkylation sites (tertiary alicyclic amines) is 1. The van der Waals surface area contributed by atoms with Crippen molar-refractivity contribution in [1.29, 1.82) is 0 Å². The molecule has 1 aromatic heterocycles. The van der Waals surface area contributed by atoms with Crippen LogP contribution in [0.5, 0.6) is 0 Å². The lowest BCUT2D eigenvalue weighted by atomic mass is 10.2. The van der Waals surface area contributed by atoms with Gasteiger partial charge in [0.2, 0.25) is 0 Å². The van der Waals surface area contributed by atoms with E-state index in [0.717, 1.165) is 50.4 Å². The Labute approximate surface area is 230 Å². The standard InChI is InChI=1S/C23H24Cl2FN5O2S2.ClH/c24-15-3-4-19(21(9-15)31-8-5-16(12-31)30-6-1-2-7-30)28-20-11-18(26)22(10-17(20)25)35(32,33)29-23-13-34-14-27-23;/h3-4,9-11,13-14,16,28-29H,1-2,5-8,12H2;1H. The average molecular weight is 593 g/mol. The lowest BCUT2D eigenvalue weighted by Crippen LogP contribution is -2.35. The van der Waals surface area contributed by atoms with Crippen LogP contribution in [0.2, 0.25) is 10.0 Å². The summed E-state index contributed by atoms with van der Waals surface area (Å²) in [5.41, 5.74) is 3.35. The number of nitrogens with zero attached hydrogens (tertiary/aromatic N) is 3. The van der Waals surface area contributed by atoms with Crippen LogP contribution in [0, 0.1) is 5.82 Å². The molecule has 0 bridgehead atoms. The van der Waals surface area contributed by atoms with Crippen LogP contribution in [0.25, 0.3) is 0 Å². The second-order valence-electron chi connectivity index (χ2n) is 8.66. The Morgan fingerprint density at radius 3 is 2.58 bits per heavy atom. The Morgan fingerprint density at radius 1 is 1.08 bits per heavy atom. The van der Waals surface area contributed by atoms with Gasteiger partial charge in [-0.3, -0.25) is 9.62 Å². The van der Waals surface area contributed by atoms with Gasteiger partial charge < -0.3 is 10.2 Å². The fourth-order valence-electron chi connectivity index (χ4n) is 4.67. The van der Waals surface area contributed by atoms with Crippen molar-refractivity contribution >= 4 is 79.8 Å². The molecule has 0 aliphatic carbocycles. The lowest BCUT2D eigenvalue weighted by Gasteiger charge is -2.26. The molecule has 0 spiro atoms. The molecule has 2 aromatic carbocycles. The summed E-state index contributed by atoms with van der Waals surface area (Å²) in [4.78, 5) is 8.15. The van der Waals surface area contributed by atoms with Crippen LogP contribution in [0.1, 0.15) is 19.3 Å². The maximum atomic E-state index is 15.0. The minimum atomic E-state index is -4.19. The molecule has 194 valence electrons. The van der Waals surface area contributed by atoms with Crippen LogP contribution in [-0.2, 0) is 10.0 Å². The fraction of sp³-hybridized carbons (Fsp3) is 0.348. The molecule has 36 heavy (non-hydrogen) atoms. The zero-order valence-electron chi connectivity index (χ0n) is 19.1. The van der Waals surface area contributed by atoms with Gasteiger partial charge in [-0.15, -0.1) is 23.7 Å². The van der Waals surface area contributed by atoms with E-state index in [-0.39, 0.29) is 28.9 Å². The van der Waals surface area contributed by atoms with Gasteiger partial charge >= 0.3 is 0 Å². The van der Waals surface area contributed by atoms with Crippen molar-refractivity contribution in [3.63, 3.8) is 0 Å². The van der Waals surface area contributed by atoms with Crippen LogP contribution in [0.4, 0.5) is 27.3 Å². The van der Waals surface area contributed by atoms with Gasteiger partial charge in [-0.25, -0.2) is 17.8 Å². The number of thiazole rings is 1. The fourth-order valence-corrected chi connectivity index (χ4v) is 6.75. The van der Waals surface area contributed by atoms with Crippen molar-refractivity contribution in [2.75, 3.05) is 41.1 Å². The first kappa shape index (κ1) is 27.2. The van der Waals surface area contributed by atoms with Crippen molar-refractivity contribution in [3.05, 3.63) is 57.1 Å². The predicted octanol–water partition coefficient (Wildman–Crippen LogP) is 6.23. The molecule has 3 heterocycles. The summed E-state index contributed by atoms with van der Waals surface area (Å²) in [6.45, 7) is 4.05. The number of sulfonamides is 1. The van der Waals surface area contributed by atoms with Gasteiger partial charge in [0.05, 0.1) is 27.6 Å². The molecule has 2 aliphatic heterocycles. The van der Waals surface area contributed by atoms with Crippen molar-refractivity contribution in [2.45, 2.75) is 30.2 Å². The minimum absolute atomic E-state index is 0. The smallest absolute Gasteiger partial charge is 0.266 e. The molecule has 0 saturated carbocycles. The van der Waals surface area contributed by atoms with Gasteiger partial charge in [-0.1, -0.05) is 23.2 Å². The first-order valence-corrected chi connectivity index (χ1v) is 14.4. The van der Waals surface area contributed by atoms with Crippen LogP contribution in [0.3, 0.4) is 0 Å². The van der Waals surface area contributed by atoms with Crippen molar-refractivity contribution in [3.8, 4) is 0 Å². The molecule has 7 nitrogen and oxygen atoms in total. The average Bonchev–Trinajstić information content (AvgIpc) is 3.59. The predicted molar refractivity (Wildman–Crippen MR) is 148 cm³/mol. The van der Waals surface area contributed by atoms with Crippen LogP contribution >= 0.6 is 46.9 Å². The minimum Gasteiger partial charge on any atom is -0.368 e. The Hall–Kier alpha value is -1.82. The van der Waals surface area contributed by atoms with Gasteiger partial charge in [-0.05, 0) is 56.6 Å². The molecular formula is C23H25Cl3FN5O2S2. The number of hydrogen-bond donors (Lipinski definition) is 2. The summed E-state index contributed by atoms with van der Waals surface area (Å²) in [5, 5.41) is 5.37. The SMILES string of the molecule is Cl.O=S(=O)(Nc1cscn1)c1cc(Cl)c(Nc2ccc(Cl)cc2N2CCC(N3CCCC3)C2)cc1F. The van der Waals surface area contributed by atoms with E-state index in [1.54, 1.807) is 6.07 Å². The number of aromatic nitrogens is 1. The number of halogens is 4. The topological polar surface area (TPSA) is 77.6 Å². The quantitative estimate of drug-likeness (QED) is 0.339. The lowest BCUT2D eigenvalue weighted by molar-refractivity contribution is 0.260. The molecule has 13 heteroatoms. The van der Waals surface area contributed by atoms with E-state index in [1.807, 2.05) is 12.1 Å². The maximum absolute atomic E-state index is 15.0. The van der Waals surface area contributed by atoms with Gasteiger partial charge in [0.25, 0.3) is 10.0 Å². The van der Waals surface area contributed by atoms with E-state index in [2.05, 4.69) is 24.8 Å². The molecule has 1 unspecified atom stereocenters. The normalized spacial score (nSPS) is 18.3.